The van der Waals surface area contributed by atoms with Crippen LogP contribution in [0.2, 0.25) is 5.02 Å². The van der Waals surface area contributed by atoms with Crippen molar-refractivity contribution < 1.29 is 0 Å². The van der Waals surface area contributed by atoms with Crippen molar-refractivity contribution in [1.82, 2.24) is 30.2 Å². The molecule has 22 heavy (non-hydrogen) atoms. The lowest BCUT2D eigenvalue weighted by Crippen LogP contribution is -2.11. The van der Waals surface area contributed by atoms with Crippen LogP contribution in [0.3, 0.4) is 0 Å². The van der Waals surface area contributed by atoms with E-state index >= 15 is 0 Å². The second kappa shape index (κ2) is 5.36. The van der Waals surface area contributed by atoms with Gasteiger partial charge in [0.2, 0.25) is 5.16 Å². The van der Waals surface area contributed by atoms with Crippen molar-refractivity contribution in [3.8, 4) is 0 Å². The first kappa shape index (κ1) is 13.7. The summed E-state index contributed by atoms with van der Waals surface area (Å²) in [6.45, 7) is 0. The van der Waals surface area contributed by atoms with E-state index in [1.165, 1.54) is 11.8 Å². The molecule has 0 spiro atoms. The fraction of sp³-hybridized carbons (Fsp3) is 0.308. The summed E-state index contributed by atoms with van der Waals surface area (Å²) in [7, 11) is 0. The van der Waals surface area contributed by atoms with Crippen molar-refractivity contribution in [2.75, 3.05) is 0 Å². The molecule has 9 heteroatoms. The van der Waals surface area contributed by atoms with Crippen LogP contribution in [0, 0.1) is 0 Å². The van der Waals surface area contributed by atoms with Gasteiger partial charge in [0.25, 0.3) is 5.56 Å². The number of H-pyrrole nitrogens is 1. The summed E-state index contributed by atoms with van der Waals surface area (Å²) >= 11 is 7.37. The van der Waals surface area contributed by atoms with E-state index in [-0.39, 0.29) is 5.56 Å². The van der Waals surface area contributed by atoms with Crippen molar-refractivity contribution in [3.05, 3.63) is 39.4 Å². The Morgan fingerprint density at radius 3 is 3.09 bits per heavy atom. The van der Waals surface area contributed by atoms with Crippen molar-refractivity contribution in [3.63, 3.8) is 0 Å². The van der Waals surface area contributed by atoms with E-state index in [0.717, 1.165) is 18.0 Å². The summed E-state index contributed by atoms with van der Waals surface area (Å²) in [6.07, 6.45) is 2.23. The smallest absolute Gasteiger partial charge is 0.258 e. The predicted octanol–water partition coefficient (Wildman–Crippen LogP) is 2.19. The number of fused-ring (bicyclic) bond motifs is 1. The van der Waals surface area contributed by atoms with E-state index in [2.05, 4.69) is 25.5 Å². The van der Waals surface area contributed by atoms with Gasteiger partial charge >= 0.3 is 0 Å². The molecule has 1 aliphatic rings. The summed E-state index contributed by atoms with van der Waals surface area (Å²) < 4.78 is 1.84. The van der Waals surface area contributed by atoms with E-state index in [1.807, 2.05) is 4.68 Å². The molecule has 1 fully saturated rings. The third kappa shape index (κ3) is 2.59. The average molecular weight is 335 g/mol. The third-order valence-corrected chi connectivity index (χ3v) is 4.59. The minimum absolute atomic E-state index is 0.190. The largest absolute Gasteiger partial charge is 0.309 e. The molecule has 0 atom stereocenters. The Bertz CT molecular complexity index is 903. The molecule has 0 aliphatic heterocycles. The normalized spacial score (nSPS) is 14.6. The summed E-state index contributed by atoms with van der Waals surface area (Å²) in [5.74, 6) is 1.09. The Morgan fingerprint density at radius 2 is 2.27 bits per heavy atom. The fourth-order valence-corrected chi connectivity index (χ4v) is 3.18. The number of hydrogen-bond donors (Lipinski definition) is 1. The zero-order chi connectivity index (χ0) is 15.1. The predicted molar refractivity (Wildman–Crippen MR) is 83.0 cm³/mol. The fourth-order valence-electron chi connectivity index (χ4n) is 2.19. The van der Waals surface area contributed by atoms with Crippen LogP contribution in [0.4, 0.5) is 0 Å². The molecule has 0 unspecified atom stereocenters. The Kier molecular flexibility index (Phi) is 3.34. The average Bonchev–Trinajstić information content (AvgIpc) is 3.24. The number of aromatic amines is 1. The van der Waals surface area contributed by atoms with E-state index in [1.54, 1.807) is 18.2 Å². The zero-order valence-corrected chi connectivity index (χ0v) is 12.9. The Morgan fingerprint density at radius 1 is 1.41 bits per heavy atom. The molecule has 0 bridgehead atoms. The standard InChI is InChI=1S/C13H11ClN6OS/c14-7-1-4-10-9(5-7)12(21)16-11(15-10)6-22-13-17-18-19-20(13)8-2-3-8/h1,4-5,8H,2-3,6H2,(H,15,16,21). The molecule has 112 valence electrons. The number of aromatic nitrogens is 6. The molecule has 4 rings (SSSR count). The van der Waals surface area contributed by atoms with Crippen molar-refractivity contribution in [2.45, 2.75) is 29.8 Å². The van der Waals surface area contributed by atoms with E-state index in [4.69, 9.17) is 11.6 Å². The van der Waals surface area contributed by atoms with E-state index in [0.29, 0.717) is 33.5 Å². The number of halogens is 1. The molecule has 2 heterocycles. The maximum atomic E-state index is 12.1. The molecule has 3 aromatic rings. The molecule has 2 aromatic heterocycles. The highest BCUT2D eigenvalue weighted by molar-refractivity contribution is 7.98. The van der Waals surface area contributed by atoms with Gasteiger partial charge in [-0.05, 0) is 41.5 Å². The minimum Gasteiger partial charge on any atom is -0.309 e. The SMILES string of the molecule is O=c1[nH]c(CSc2nnnn2C2CC2)nc2ccc(Cl)cc12. The molecule has 1 saturated carbocycles. The van der Waals surface area contributed by atoms with Crippen LogP contribution in [-0.4, -0.2) is 30.2 Å². The van der Waals surface area contributed by atoms with Gasteiger partial charge in [-0.15, -0.1) is 5.10 Å². The highest BCUT2D eigenvalue weighted by atomic mass is 35.5. The van der Waals surface area contributed by atoms with Gasteiger partial charge in [0, 0.05) is 5.02 Å². The summed E-state index contributed by atoms with van der Waals surface area (Å²) in [5.41, 5.74) is 0.440. The number of benzene rings is 1. The van der Waals surface area contributed by atoms with Gasteiger partial charge in [0.1, 0.15) is 5.82 Å². The number of rotatable bonds is 4. The van der Waals surface area contributed by atoms with Gasteiger partial charge < -0.3 is 4.98 Å². The van der Waals surface area contributed by atoms with Crippen LogP contribution in [0.25, 0.3) is 10.9 Å². The Balaban J connectivity index is 1.60. The van der Waals surface area contributed by atoms with Crippen molar-refractivity contribution in [2.24, 2.45) is 0 Å². The maximum absolute atomic E-state index is 12.1. The van der Waals surface area contributed by atoms with Crippen LogP contribution < -0.4 is 5.56 Å². The molecule has 0 amide bonds. The molecule has 1 aromatic carbocycles. The number of hydrogen-bond acceptors (Lipinski definition) is 6. The number of nitrogens with one attached hydrogen (secondary N) is 1. The molecule has 1 N–H and O–H groups in total. The van der Waals surface area contributed by atoms with Crippen LogP contribution in [0.5, 0.6) is 0 Å². The van der Waals surface area contributed by atoms with Gasteiger partial charge in [0.05, 0.1) is 22.7 Å². The molecular weight excluding hydrogens is 324 g/mol. The van der Waals surface area contributed by atoms with E-state index in [9.17, 15) is 4.79 Å². The number of tetrazole rings is 1. The number of nitrogens with zero attached hydrogens (tertiary/aromatic N) is 5. The summed E-state index contributed by atoms with van der Waals surface area (Å²) in [4.78, 5) is 19.3. The second-order valence-corrected chi connectivity index (χ2v) is 6.48. The van der Waals surface area contributed by atoms with Crippen molar-refractivity contribution >= 4 is 34.3 Å². The lowest BCUT2D eigenvalue weighted by atomic mass is 10.2. The van der Waals surface area contributed by atoms with Gasteiger partial charge in [-0.25, -0.2) is 9.67 Å². The Hall–Kier alpha value is -1.93. The lowest BCUT2D eigenvalue weighted by molar-refractivity contribution is 0.565. The van der Waals surface area contributed by atoms with E-state index < -0.39 is 0 Å². The monoisotopic (exact) mass is 334 g/mol. The van der Waals surface area contributed by atoms with Gasteiger partial charge in [0.15, 0.2) is 0 Å². The molecular formula is C13H11ClN6OS. The first-order chi connectivity index (χ1) is 10.7. The van der Waals surface area contributed by atoms with Crippen LogP contribution >= 0.6 is 23.4 Å². The quantitative estimate of drug-likeness (QED) is 0.736. The highest BCUT2D eigenvalue weighted by Crippen LogP contribution is 2.36. The molecule has 0 radical (unpaired) electrons. The lowest BCUT2D eigenvalue weighted by Gasteiger charge is -2.04. The zero-order valence-electron chi connectivity index (χ0n) is 11.4. The highest BCUT2D eigenvalue weighted by Gasteiger charge is 2.27. The minimum atomic E-state index is -0.190. The maximum Gasteiger partial charge on any atom is 0.258 e. The van der Waals surface area contributed by atoms with Gasteiger partial charge in [-0.3, -0.25) is 4.79 Å². The van der Waals surface area contributed by atoms with Gasteiger partial charge in [-0.2, -0.15) is 0 Å². The Labute approximate surface area is 134 Å². The number of thioether (sulfide) groups is 1. The topological polar surface area (TPSA) is 89.4 Å². The van der Waals surface area contributed by atoms with Gasteiger partial charge in [-0.1, -0.05) is 23.4 Å². The summed E-state index contributed by atoms with van der Waals surface area (Å²) in [5, 5.41) is 13.5. The molecule has 7 nitrogen and oxygen atoms in total. The summed E-state index contributed by atoms with van der Waals surface area (Å²) in [6, 6.07) is 5.51. The first-order valence-electron chi connectivity index (χ1n) is 6.80. The molecule has 1 aliphatic carbocycles. The second-order valence-electron chi connectivity index (χ2n) is 5.10. The third-order valence-electron chi connectivity index (χ3n) is 3.41. The van der Waals surface area contributed by atoms with Crippen LogP contribution in [0.1, 0.15) is 24.7 Å². The molecule has 0 saturated heterocycles. The van der Waals surface area contributed by atoms with Crippen LogP contribution in [0.15, 0.2) is 28.2 Å². The van der Waals surface area contributed by atoms with Crippen molar-refractivity contribution in [1.29, 1.82) is 0 Å². The first-order valence-corrected chi connectivity index (χ1v) is 8.16. The van der Waals surface area contributed by atoms with Crippen LogP contribution in [-0.2, 0) is 5.75 Å².